The van der Waals surface area contributed by atoms with E-state index in [0.717, 1.165) is 43.3 Å². The van der Waals surface area contributed by atoms with Crippen LogP contribution in [0.5, 0.6) is 5.75 Å². The van der Waals surface area contributed by atoms with Crippen LogP contribution in [0.3, 0.4) is 0 Å². The number of anilines is 1. The summed E-state index contributed by atoms with van der Waals surface area (Å²) in [6, 6.07) is 8.38. The van der Waals surface area contributed by atoms with Crippen molar-refractivity contribution in [1.82, 2.24) is 14.9 Å². The summed E-state index contributed by atoms with van der Waals surface area (Å²) in [5.74, 6) is 1.97. The van der Waals surface area contributed by atoms with Crippen LogP contribution in [-0.2, 0) is 10.0 Å². The standard InChI is InChI=1S/C19H31N5O3S.HI/c1-20-19(21-12-15-8-11-24(13-15)28(3,25)26)22-16-9-10-23(14-16)17-6-4-5-7-18(17)27-2;/h4-7,15-16H,8-14H2,1-3H3,(H2,20,21,22);1H. The third kappa shape index (κ3) is 6.35. The molecular weight excluding hydrogens is 505 g/mol. The van der Waals surface area contributed by atoms with Crippen LogP contribution in [0.25, 0.3) is 0 Å². The van der Waals surface area contributed by atoms with E-state index in [9.17, 15) is 8.42 Å². The zero-order valence-electron chi connectivity index (χ0n) is 17.3. The number of guanidine groups is 1. The number of hydrogen-bond donors (Lipinski definition) is 2. The zero-order chi connectivity index (χ0) is 20.1. The SMILES string of the molecule is CN=C(NCC1CCN(S(C)(=O)=O)C1)NC1CCN(c2ccccc2OC)C1.I. The van der Waals surface area contributed by atoms with Crippen molar-refractivity contribution in [2.45, 2.75) is 18.9 Å². The molecule has 0 saturated carbocycles. The highest BCUT2D eigenvalue weighted by Crippen LogP contribution is 2.30. The maximum absolute atomic E-state index is 11.7. The first-order chi connectivity index (χ1) is 13.4. The summed E-state index contributed by atoms with van der Waals surface area (Å²) in [6.45, 7) is 3.74. The van der Waals surface area contributed by atoms with Crippen LogP contribution in [0.2, 0.25) is 0 Å². The molecule has 2 saturated heterocycles. The second-order valence-electron chi connectivity index (χ2n) is 7.48. The monoisotopic (exact) mass is 537 g/mol. The van der Waals surface area contributed by atoms with Crippen molar-refractivity contribution in [2.24, 2.45) is 10.9 Å². The van der Waals surface area contributed by atoms with Crippen molar-refractivity contribution in [3.05, 3.63) is 24.3 Å². The number of benzene rings is 1. The molecule has 0 spiro atoms. The Hall–Kier alpha value is -1.27. The first-order valence-electron chi connectivity index (χ1n) is 9.71. The molecule has 2 aliphatic heterocycles. The number of sulfonamides is 1. The Morgan fingerprint density at radius 3 is 2.66 bits per heavy atom. The van der Waals surface area contributed by atoms with E-state index in [2.05, 4.69) is 26.6 Å². The normalized spacial score (nSPS) is 23.0. The molecule has 0 radical (unpaired) electrons. The van der Waals surface area contributed by atoms with E-state index in [1.165, 1.54) is 6.26 Å². The molecule has 0 aliphatic carbocycles. The number of hydrogen-bond acceptors (Lipinski definition) is 5. The number of ether oxygens (including phenoxy) is 1. The lowest BCUT2D eigenvalue weighted by molar-refractivity contribution is 0.415. The van der Waals surface area contributed by atoms with Crippen LogP contribution < -0.4 is 20.3 Å². The molecule has 2 N–H and O–H groups in total. The van der Waals surface area contributed by atoms with E-state index in [0.29, 0.717) is 31.6 Å². The molecule has 2 aliphatic rings. The summed E-state index contributed by atoms with van der Waals surface area (Å²) >= 11 is 0. The van der Waals surface area contributed by atoms with Crippen LogP contribution in [0.15, 0.2) is 29.3 Å². The number of nitrogens with zero attached hydrogens (tertiary/aromatic N) is 3. The maximum atomic E-state index is 11.7. The molecule has 3 rings (SSSR count). The number of para-hydroxylation sites is 2. The van der Waals surface area contributed by atoms with Gasteiger partial charge in [0.2, 0.25) is 10.0 Å². The van der Waals surface area contributed by atoms with Crippen LogP contribution in [-0.4, -0.2) is 77.9 Å². The second-order valence-corrected chi connectivity index (χ2v) is 9.46. The quantitative estimate of drug-likeness (QED) is 0.324. The fraction of sp³-hybridized carbons (Fsp3) is 0.632. The van der Waals surface area contributed by atoms with Gasteiger partial charge in [-0.2, -0.15) is 0 Å². The molecule has 1 aromatic rings. The predicted octanol–water partition coefficient (Wildman–Crippen LogP) is 1.34. The van der Waals surface area contributed by atoms with E-state index >= 15 is 0 Å². The Morgan fingerprint density at radius 2 is 2.00 bits per heavy atom. The van der Waals surface area contributed by atoms with Crippen molar-refractivity contribution in [3.63, 3.8) is 0 Å². The molecule has 2 heterocycles. The maximum Gasteiger partial charge on any atom is 0.211 e. The van der Waals surface area contributed by atoms with Gasteiger partial charge in [-0.15, -0.1) is 24.0 Å². The number of methoxy groups -OCH3 is 1. The fourth-order valence-corrected chi connectivity index (χ4v) is 4.80. The number of halogens is 1. The summed E-state index contributed by atoms with van der Waals surface area (Å²) in [5, 5.41) is 6.85. The van der Waals surface area contributed by atoms with Gasteiger partial charge in [-0.1, -0.05) is 12.1 Å². The van der Waals surface area contributed by atoms with Gasteiger partial charge in [0.05, 0.1) is 19.1 Å². The molecule has 0 aromatic heterocycles. The minimum atomic E-state index is -3.09. The smallest absolute Gasteiger partial charge is 0.211 e. The Kier molecular flexibility index (Phi) is 8.83. The highest BCUT2D eigenvalue weighted by atomic mass is 127. The summed E-state index contributed by atoms with van der Waals surface area (Å²) in [7, 11) is 0.370. The fourth-order valence-electron chi connectivity index (χ4n) is 3.88. The van der Waals surface area contributed by atoms with Gasteiger partial charge in [-0.25, -0.2) is 12.7 Å². The molecule has 2 fully saturated rings. The van der Waals surface area contributed by atoms with Gasteiger partial charge in [0.15, 0.2) is 5.96 Å². The highest BCUT2D eigenvalue weighted by molar-refractivity contribution is 14.0. The largest absolute Gasteiger partial charge is 0.495 e. The molecule has 164 valence electrons. The summed E-state index contributed by atoms with van der Waals surface area (Å²) in [6.07, 6.45) is 3.17. The van der Waals surface area contributed by atoms with Gasteiger partial charge >= 0.3 is 0 Å². The lowest BCUT2D eigenvalue weighted by Crippen LogP contribution is -2.46. The molecule has 8 nitrogen and oxygen atoms in total. The molecule has 2 atom stereocenters. The first kappa shape index (κ1) is 24.0. The Labute approximate surface area is 191 Å². The highest BCUT2D eigenvalue weighted by Gasteiger charge is 2.29. The predicted molar refractivity (Wildman–Crippen MR) is 128 cm³/mol. The Bertz CT molecular complexity index is 805. The van der Waals surface area contributed by atoms with E-state index < -0.39 is 10.0 Å². The average Bonchev–Trinajstić information content (AvgIpc) is 3.34. The molecule has 29 heavy (non-hydrogen) atoms. The second kappa shape index (κ2) is 10.7. The van der Waals surface area contributed by atoms with Gasteiger partial charge in [0, 0.05) is 45.8 Å². The van der Waals surface area contributed by atoms with Gasteiger partial charge in [0.1, 0.15) is 5.75 Å². The van der Waals surface area contributed by atoms with Crippen molar-refractivity contribution < 1.29 is 13.2 Å². The topological polar surface area (TPSA) is 86.3 Å². The number of rotatable bonds is 6. The van der Waals surface area contributed by atoms with Gasteiger partial charge in [-0.05, 0) is 30.9 Å². The zero-order valence-corrected chi connectivity index (χ0v) is 20.4. The Balaban J connectivity index is 0.00000300. The Morgan fingerprint density at radius 1 is 1.24 bits per heavy atom. The molecule has 2 unspecified atom stereocenters. The van der Waals surface area contributed by atoms with E-state index in [4.69, 9.17) is 4.74 Å². The van der Waals surface area contributed by atoms with Crippen molar-refractivity contribution >= 4 is 45.6 Å². The van der Waals surface area contributed by atoms with E-state index in [1.54, 1.807) is 18.5 Å². The van der Waals surface area contributed by atoms with Crippen LogP contribution >= 0.6 is 24.0 Å². The summed E-state index contributed by atoms with van der Waals surface area (Å²) in [5.41, 5.74) is 1.11. The first-order valence-corrected chi connectivity index (χ1v) is 11.6. The van der Waals surface area contributed by atoms with Crippen LogP contribution in [0.1, 0.15) is 12.8 Å². The van der Waals surface area contributed by atoms with E-state index in [-0.39, 0.29) is 24.0 Å². The minimum absolute atomic E-state index is 0. The van der Waals surface area contributed by atoms with E-state index in [1.807, 2.05) is 18.2 Å². The molecule has 0 bridgehead atoms. The lowest BCUT2D eigenvalue weighted by Gasteiger charge is -2.22. The summed E-state index contributed by atoms with van der Waals surface area (Å²) in [4.78, 5) is 6.66. The van der Waals surface area contributed by atoms with Crippen LogP contribution in [0, 0.1) is 5.92 Å². The van der Waals surface area contributed by atoms with Crippen LogP contribution in [0.4, 0.5) is 5.69 Å². The van der Waals surface area contributed by atoms with Gasteiger partial charge < -0.3 is 20.3 Å². The van der Waals surface area contributed by atoms with Gasteiger partial charge in [0.25, 0.3) is 0 Å². The third-order valence-corrected chi connectivity index (χ3v) is 6.72. The lowest BCUT2D eigenvalue weighted by atomic mass is 10.1. The molecular formula is C19H32IN5O3S. The molecule has 0 amide bonds. The third-order valence-electron chi connectivity index (χ3n) is 5.45. The number of aliphatic imine (C=N–C) groups is 1. The molecule has 10 heteroatoms. The van der Waals surface area contributed by atoms with Crippen molar-refractivity contribution in [2.75, 3.05) is 58.0 Å². The van der Waals surface area contributed by atoms with Gasteiger partial charge in [-0.3, -0.25) is 4.99 Å². The number of nitrogens with one attached hydrogen (secondary N) is 2. The van der Waals surface area contributed by atoms with Crippen molar-refractivity contribution in [1.29, 1.82) is 0 Å². The molecule has 1 aromatic carbocycles. The summed E-state index contributed by atoms with van der Waals surface area (Å²) < 4.78 is 30.3. The van der Waals surface area contributed by atoms with Crippen molar-refractivity contribution in [3.8, 4) is 5.75 Å². The average molecular weight is 537 g/mol. The minimum Gasteiger partial charge on any atom is -0.495 e.